The molecule has 1 aliphatic carbocycles. The van der Waals surface area contributed by atoms with Gasteiger partial charge in [0.05, 0.1) is 15.7 Å². The van der Waals surface area contributed by atoms with Crippen molar-refractivity contribution in [3.63, 3.8) is 0 Å². The van der Waals surface area contributed by atoms with Gasteiger partial charge in [-0.15, -0.1) is 0 Å². The van der Waals surface area contributed by atoms with Gasteiger partial charge in [0.25, 0.3) is 0 Å². The van der Waals surface area contributed by atoms with E-state index in [4.69, 9.17) is 23.2 Å². The Kier molecular flexibility index (Phi) is 5.11. The van der Waals surface area contributed by atoms with Crippen LogP contribution in [0.4, 0.5) is 0 Å². The van der Waals surface area contributed by atoms with Crippen LogP contribution in [-0.4, -0.2) is 4.57 Å². The Morgan fingerprint density at radius 1 is 0.808 bits per heavy atom. The van der Waals surface area contributed by atoms with Gasteiger partial charge in [0.15, 0.2) is 0 Å². The van der Waals surface area contributed by atoms with Crippen LogP contribution in [0.3, 0.4) is 0 Å². The van der Waals surface area contributed by atoms with Gasteiger partial charge in [-0.3, -0.25) is 0 Å². The molecule has 0 spiro atoms. The maximum Gasteiger partial charge on any atom is 0.0613 e. The van der Waals surface area contributed by atoms with Gasteiger partial charge in [-0.25, -0.2) is 0 Å². The number of aromatic nitrogens is 1. The normalized spacial score (nSPS) is 15.3. The minimum Gasteiger partial charge on any atom is -0.314 e. The van der Waals surface area contributed by atoms with E-state index in [9.17, 15) is 0 Å². The Hall–Kier alpha value is -1.70. The summed E-state index contributed by atoms with van der Waals surface area (Å²) in [4.78, 5) is 0. The summed E-state index contributed by atoms with van der Waals surface area (Å²) < 4.78 is 2.23. The van der Waals surface area contributed by atoms with Gasteiger partial charge in [-0.1, -0.05) is 66.7 Å². The standard InChI is InChI=1S/C23H23Cl2N/c1-16-7-14-23(26(16)20-12-13-21(24)22(25)15-20)19-10-8-18(9-11-19)17-5-3-2-4-6-17/h7-15,17H,2-6H2,1H3. The molecule has 2 aromatic carbocycles. The predicted octanol–water partition coefficient (Wildman–Crippen LogP) is 7.81. The SMILES string of the molecule is Cc1ccc(-c2ccc(C3CCCCC3)cc2)n1-c1ccc(Cl)c(Cl)c1. The number of halogens is 2. The molecule has 1 nitrogen and oxygen atoms in total. The summed E-state index contributed by atoms with van der Waals surface area (Å²) in [5.41, 5.74) is 6.10. The first-order valence-electron chi connectivity index (χ1n) is 9.37. The zero-order valence-corrected chi connectivity index (χ0v) is 16.5. The highest BCUT2D eigenvalue weighted by Crippen LogP contribution is 2.35. The lowest BCUT2D eigenvalue weighted by molar-refractivity contribution is 0.443. The van der Waals surface area contributed by atoms with Gasteiger partial charge in [0.1, 0.15) is 0 Å². The molecule has 0 unspecified atom stereocenters. The average molecular weight is 384 g/mol. The molecule has 0 N–H and O–H groups in total. The molecular weight excluding hydrogens is 361 g/mol. The molecule has 3 aromatic rings. The van der Waals surface area contributed by atoms with Crippen molar-refractivity contribution in [3.8, 4) is 16.9 Å². The molecule has 0 amide bonds. The lowest BCUT2D eigenvalue weighted by Gasteiger charge is -2.22. The monoisotopic (exact) mass is 383 g/mol. The number of aryl methyl sites for hydroxylation is 1. The van der Waals surface area contributed by atoms with Crippen LogP contribution in [-0.2, 0) is 0 Å². The molecule has 1 fully saturated rings. The fourth-order valence-corrected chi connectivity index (χ4v) is 4.39. The Morgan fingerprint density at radius 3 is 2.23 bits per heavy atom. The van der Waals surface area contributed by atoms with Gasteiger partial charge in [0, 0.05) is 11.4 Å². The van der Waals surface area contributed by atoms with Gasteiger partial charge >= 0.3 is 0 Å². The van der Waals surface area contributed by atoms with Crippen LogP contribution < -0.4 is 0 Å². The zero-order chi connectivity index (χ0) is 18.1. The highest BCUT2D eigenvalue weighted by molar-refractivity contribution is 6.42. The third-order valence-electron chi connectivity index (χ3n) is 5.52. The van der Waals surface area contributed by atoms with Gasteiger partial charge in [-0.05, 0) is 67.1 Å². The van der Waals surface area contributed by atoms with Crippen molar-refractivity contribution in [1.29, 1.82) is 0 Å². The van der Waals surface area contributed by atoms with Crippen LogP contribution in [0.2, 0.25) is 10.0 Å². The molecule has 1 heterocycles. The van der Waals surface area contributed by atoms with Crippen molar-refractivity contribution in [2.45, 2.75) is 44.9 Å². The molecule has 26 heavy (non-hydrogen) atoms. The molecule has 4 rings (SSSR count). The fraction of sp³-hybridized carbons (Fsp3) is 0.304. The van der Waals surface area contributed by atoms with Crippen molar-refractivity contribution in [1.82, 2.24) is 4.57 Å². The van der Waals surface area contributed by atoms with Crippen LogP contribution in [0.25, 0.3) is 16.9 Å². The lowest BCUT2D eigenvalue weighted by atomic mass is 9.84. The maximum absolute atomic E-state index is 6.24. The molecule has 0 bridgehead atoms. The average Bonchev–Trinajstić information content (AvgIpc) is 3.06. The molecule has 134 valence electrons. The van der Waals surface area contributed by atoms with E-state index < -0.39 is 0 Å². The van der Waals surface area contributed by atoms with Crippen molar-refractivity contribution >= 4 is 23.2 Å². The summed E-state index contributed by atoms with van der Waals surface area (Å²) in [5.74, 6) is 0.737. The third kappa shape index (κ3) is 3.43. The molecule has 0 radical (unpaired) electrons. The second-order valence-electron chi connectivity index (χ2n) is 7.25. The predicted molar refractivity (Wildman–Crippen MR) is 112 cm³/mol. The molecule has 0 saturated heterocycles. The van der Waals surface area contributed by atoms with Crippen molar-refractivity contribution in [3.05, 3.63) is 75.9 Å². The molecule has 0 aliphatic heterocycles. The second-order valence-corrected chi connectivity index (χ2v) is 8.07. The van der Waals surface area contributed by atoms with E-state index in [1.54, 1.807) is 0 Å². The Bertz CT molecular complexity index is 902. The number of benzene rings is 2. The molecule has 1 saturated carbocycles. The van der Waals surface area contributed by atoms with Crippen molar-refractivity contribution in [2.75, 3.05) is 0 Å². The maximum atomic E-state index is 6.24. The second kappa shape index (κ2) is 7.50. The highest BCUT2D eigenvalue weighted by atomic mass is 35.5. The molecular formula is C23H23Cl2N. The Morgan fingerprint density at radius 2 is 1.54 bits per heavy atom. The quantitative estimate of drug-likeness (QED) is 0.434. The lowest BCUT2D eigenvalue weighted by Crippen LogP contribution is -2.04. The van der Waals surface area contributed by atoms with E-state index in [0.717, 1.165) is 11.6 Å². The third-order valence-corrected chi connectivity index (χ3v) is 6.26. The molecule has 1 aliphatic rings. The smallest absolute Gasteiger partial charge is 0.0613 e. The highest BCUT2D eigenvalue weighted by Gasteiger charge is 2.16. The number of hydrogen-bond acceptors (Lipinski definition) is 0. The molecule has 1 aromatic heterocycles. The minimum atomic E-state index is 0.580. The first-order valence-corrected chi connectivity index (χ1v) is 10.1. The van der Waals surface area contributed by atoms with Crippen molar-refractivity contribution < 1.29 is 0 Å². The summed E-state index contributed by atoms with van der Waals surface area (Å²) in [6.45, 7) is 2.11. The summed E-state index contributed by atoms with van der Waals surface area (Å²) >= 11 is 12.3. The number of rotatable bonds is 3. The number of nitrogens with zero attached hydrogens (tertiary/aromatic N) is 1. The van der Waals surface area contributed by atoms with E-state index >= 15 is 0 Å². The van der Waals surface area contributed by atoms with Crippen LogP contribution in [0, 0.1) is 6.92 Å². The zero-order valence-electron chi connectivity index (χ0n) is 15.0. The minimum absolute atomic E-state index is 0.580. The van der Waals surface area contributed by atoms with Crippen LogP contribution in [0.15, 0.2) is 54.6 Å². The van der Waals surface area contributed by atoms with E-state index in [-0.39, 0.29) is 0 Å². The van der Waals surface area contributed by atoms with E-state index in [0.29, 0.717) is 10.0 Å². The fourth-order valence-electron chi connectivity index (χ4n) is 4.09. The van der Waals surface area contributed by atoms with Crippen molar-refractivity contribution in [2.24, 2.45) is 0 Å². The first-order chi connectivity index (χ1) is 12.6. The van der Waals surface area contributed by atoms with Gasteiger partial charge in [0.2, 0.25) is 0 Å². The van der Waals surface area contributed by atoms with E-state index in [1.165, 1.54) is 54.6 Å². The first kappa shape index (κ1) is 17.7. The Labute approximate surface area is 165 Å². The summed E-state index contributed by atoms with van der Waals surface area (Å²) in [6.07, 6.45) is 6.79. The van der Waals surface area contributed by atoms with E-state index in [1.807, 2.05) is 18.2 Å². The summed E-state index contributed by atoms with van der Waals surface area (Å²) in [7, 11) is 0. The van der Waals surface area contributed by atoms with E-state index in [2.05, 4.69) is 47.9 Å². The molecule has 0 atom stereocenters. The van der Waals surface area contributed by atoms with Crippen LogP contribution in [0.5, 0.6) is 0 Å². The topological polar surface area (TPSA) is 4.93 Å². The molecule has 3 heteroatoms. The van der Waals surface area contributed by atoms with Crippen LogP contribution in [0.1, 0.15) is 49.3 Å². The summed E-state index contributed by atoms with van der Waals surface area (Å²) in [5, 5.41) is 1.16. The summed E-state index contributed by atoms with van der Waals surface area (Å²) in [6, 6.07) is 19.3. The Balaban J connectivity index is 1.69. The largest absolute Gasteiger partial charge is 0.314 e. The van der Waals surface area contributed by atoms with Crippen LogP contribution >= 0.6 is 23.2 Å². The van der Waals surface area contributed by atoms with Gasteiger partial charge in [-0.2, -0.15) is 0 Å². The van der Waals surface area contributed by atoms with Gasteiger partial charge < -0.3 is 4.57 Å². The number of hydrogen-bond donors (Lipinski definition) is 0.